The Bertz CT molecular complexity index is 1260. The predicted octanol–water partition coefficient (Wildman–Crippen LogP) is 2.89. The molecule has 0 saturated heterocycles. The normalized spacial score (nSPS) is 18.3. The number of likely N-dealkylation sites (N-methyl/N-ethyl adjacent to an activating group) is 1. The van der Waals surface area contributed by atoms with E-state index in [9.17, 15) is 13.6 Å². The summed E-state index contributed by atoms with van der Waals surface area (Å²) in [5, 5.41) is 12.1. The lowest BCUT2D eigenvalue weighted by molar-refractivity contribution is -0.129. The second-order valence-corrected chi connectivity index (χ2v) is 7.60. The summed E-state index contributed by atoms with van der Waals surface area (Å²) in [6.07, 6.45) is 4.46. The maximum atomic E-state index is 14.4. The summed E-state index contributed by atoms with van der Waals surface area (Å²) in [4.78, 5) is 23.0. The monoisotopic (exact) mass is 452 g/mol. The zero-order valence-electron chi connectivity index (χ0n) is 17.8. The van der Waals surface area contributed by atoms with Crippen LogP contribution in [0.15, 0.2) is 65.0 Å². The molecule has 3 N–H and O–H groups in total. The number of benzene rings is 1. The summed E-state index contributed by atoms with van der Waals surface area (Å²) < 4.78 is 28.9. The maximum Gasteiger partial charge on any atom is 0.266 e. The number of carbonyl (C=O) groups excluding carboxylic acids is 1. The Hall–Kier alpha value is -4.08. The number of hydrogen-bond donors (Lipinski definition) is 2. The first-order chi connectivity index (χ1) is 15.9. The van der Waals surface area contributed by atoms with E-state index < -0.39 is 24.1 Å². The topological polar surface area (TPSA) is 109 Å². The van der Waals surface area contributed by atoms with Crippen molar-refractivity contribution in [2.45, 2.75) is 18.5 Å². The van der Waals surface area contributed by atoms with E-state index in [0.29, 0.717) is 28.9 Å². The Morgan fingerprint density at radius 1 is 1.24 bits per heavy atom. The van der Waals surface area contributed by atoms with Gasteiger partial charge in [-0.25, -0.2) is 9.98 Å². The van der Waals surface area contributed by atoms with Gasteiger partial charge in [-0.05, 0) is 41.8 Å². The Morgan fingerprint density at radius 2 is 2.06 bits per heavy atom. The van der Waals surface area contributed by atoms with E-state index in [-0.39, 0.29) is 17.9 Å². The van der Waals surface area contributed by atoms with Crippen molar-refractivity contribution in [1.29, 1.82) is 0 Å². The number of alkyl halides is 1. The van der Waals surface area contributed by atoms with Gasteiger partial charge >= 0.3 is 0 Å². The van der Waals surface area contributed by atoms with E-state index in [0.717, 1.165) is 0 Å². The highest BCUT2D eigenvalue weighted by Crippen LogP contribution is 2.41. The first-order valence-corrected chi connectivity index (χ1v) is 10.2. The number of hydrogen-bond acceptors (Lipinski definition) is 6. The molecule has 3 heterocycles. The molecule has 8 nitrogen and oxygen atoms in total. The largest absolute Gasteiger partial charge is 0.411 e. The van der Waals surface area contributed by atoms with Crippen LogP contribution in [-0.4, -0.2) is 51.5 Å². The molecule has 0 saturated carbocycles. The van der Waals surface area contributed by atoms with Gasteiger partial charge in [-0.1, -0.05) is 23.4 Å². The molecule has 0 aliphatic carbocycles. The molecular weight excluding hydrogens is 430 g/mol. The average molecular weight is 452 g/mol. The number of nitrogens with two attached hydrogens (primary N) is 1. The fourth-order valence-electron chi connectivity index (χ4n) is 4.01. The molecule has 0 spiro atoms. The molecule has 0 radical (unpaired) electrons. The van der Waals surface area contributed by atoms with Crippen LogP contribution in [0, 0.1) is 5.95 Å². The number of carbonyl (C=O) groups is 1. The third kappa shape index (κ3) is 3.73. The van der Waals surface area contributed by atoms with Gasteiger partial charge in [-0.15, -0.1) is 0 Å². The SMILES string of the molecule is CN1C(=O)C(c2cccc(-c3cccnc3F)c2)(c2cc(C=NO)n(CCCF)c2)N=C1N. The number of aryl methyl sites for hydroxylation is 1. The van der Waals surface area contributed by atoms with Crippen molar-refractivity contribution in [3.63, 3.8) is 0 Å². The van der Waals surface area contributed by atoms with E-state index in [1.54, 1.807) is 53.2 Å². The third-order valence-electron chi connectivity index (χ3n) is 5.66. The highest BCUT2D eigenvalue weighted by Gasteiger charge is 2.50. The molecule has 170 valence electrons. The molecule has 1 unspecified atom stereocenters. The van der Waals surface area contributed by atoms with Crippen LogP contribution in [0.2, 0.25) is 0 Å². The lowest BCUT2D eigenvalue weighted by atomic mass is 9.83. The first-order valence-electron chi connectivity index (χ1n) is 10.2. The molecular formula is C23H22F2N6O2. The van der Waals surface area contributed by atoms with Gasteiger partial charge in [0.1, 0.15) is 0 Å². The number of guanidine groups is 1. The predicted molar refractivity (Wildman–Crippen MR) is 119 cm³/mol. The number of nitrogens with zero attached hydrogens (tertiary/aromatic N) is 5. The summed E-state index contributed by atoms with van der Waals surface area (Å²) in [5.41, 5.74) is 6.67. The Kier molecular flexibility index (Phi) is 5.91. The van der Waals surface area contributed by atoms with Crippen molar-refractivity contribution in [2.75, 3.05) is 13.7 Å². The van der Waals surface area contributed by atoms with Gasteiger partial charge in [0.15, 0.2) is 11.5 Å². The summed E-state index contributed by atoms with van der Waals surface area (Å²) in [7, 11) is 1.52. The lowest BCUT2D eigenvalue weighted by Crippen LogP contribution is -2.41. The standard InChI is InChI=1S/C23H22F2N6O2/c1-30-21(32)23(29-22(30)26,17-12-18(13-28-33)31(14-17)10-4-8-24)16-6-2-5-15(11-16)19-7-3-9-27-20(19)25/h2-3,5-7,9,11-14,33H,4,8,10H2,1H3,(H2,26,29). The fourth-order valence-corrected chi connectivity index (χ4v) is 4.01. The Morgan fingerprint density at radius 3 is 2.73 bits per heavy atom. The van der Waals surface area contributed by atoms with Crippen LogP contribution >= 0.6 is 0 Å². The molecule has 4 rings (SSSR count). The molecule has 0 fully saturated rings. The van der Waals surface area contributed by atoms with Crippen LogP contribution in [0.5, 0.6) is 0 Å². The van der Waals surface area contributed by atoms with Gasteiger partial charge in [0, 0.05) is 37.1 Å². The molecule has 2 aromatic heterocycles. The number of aromatic nitrogens is 2. The molecule has 1 aliphatic rings. The summed E-state index contributed by atoms with van der Waals surface area (Å²) in [5.74, 6) is -1.02. The third-order valence-corrected chi connectivity index (χ3v) is 5.66. The van der Waals surface area contributed by atoms with Crippen molar-refractivity contribution in [2.24, 2.45) is 15.9 Å². The van der Waals surface area contributed by atoms with Gasteiger partial charge < -0.3 is 15.5 Å². The number of oxime groups is 1. The zero-order chi connectivity index (χ0) is 23.6. The molecule has 10 heteroatoms. The minimum atomic E-state index is -1.55. The summed E-state index contributed by atoms with van der Waals surface area (Å²) in [6, 6.07) is 11.7. The molecule has 1 amide bonds. The number of halogens is 2. The van der Waals surface area contributed by atoms with E-state index in [1.807, 2.05) is 0 Å². The van der Waals surface area contributed by atoms with Gasteiger partial charge in [0.2, 0.25) is 5.95 Å². The van der Waals surface area contributed by atoms with Crippen LogP contribution in [0.3, 0.4) is 0 Å². The quantitative estimate of drug-likeness (QED) is 0.249. The van der Waals surface area contributed by atoms with Gasteiger partial charge in [-0.3, -0.25) is 14.1 Å². The molecule has 1 aromatic carbocycles. The van der Waals surface area contributed by atoms with Crippen molar-refractivity contribution in [3.8, 4) is 11.1 Å². The van der Waals surface area contributed by atoms with Gasteiger partial charge in [-0.2, -0.15) is 4.39 Å². The number of pyridine rings is 1. The smallest absolute Gasteiger partial charge is 0.266 e. The van der Waals surface area contributed by atoms with Crippen molar-refractivity contribution in [3.05, 3.63) is 77.6 Å². The van der Waals surface area contributed by atoms with Gasteiger partial charge in [0.05, 0.1) is 18.6 Å². The second kappa shape index (κ2) is 8.81. The summed E-state index contributed by atoms with van der Waals surface area (Å²) >= 11 is 0. The van der Waals surface area contributed by atoms with Crippen LogP contribution < -0.4 is 5.73 Å². The second-order valence-electron chi connectivity index (χ2n) is 7.60. The van der Waals surface area contributed by atoms with Crippen molar-refractivity contribution in [1.82, 2.24) is 14.5 Å². The van der Waals surface area contributed by atoms with Crippen LogP contribution in [0.1, 0.15) is 23.2 Å². The zero-order valence-corrected chi connectivity index (χ0v) is 17.8. The van der Waals surface area contributed by atoms with E-state index >= 15 is 0 Å². The van der Waals surface area contributed by atoms with Gasteiger partial charge in [0.25, 0.3) is 5.91 Å². The van der Waals surface area contributed by atoms with Crippen LogP contribution in [-0.2, 0) is 16.9 Å². The molecule has 1 aliphatic heterocycles. The van der Waals surface area contributed by atoms with E-state index in [4.69, 9.17) is 10.9 Å². The number of aliphatic imine (C=N–C) groups is 1. The van der Waals surface area contributed by atoms with Crippen molar-refractivity contribution < 1.29 is 18.8 Å². The lowest BCUT2D eigenvalue weighted by Gasteiger charge is -2.25. The Labute approximate surface area is 188 Å². The van der Waals surface area contributed by atoms with E-state index in [1.165, 1.54) is 24.4 Å². The highest BCUT2D eigenvalue weighted by atomic mass is 19.1. The number of amides is 1. The minimum absolute atomic E-state index is 0.0202. The molecule has 1 atom stereocenters. The fraction of sp³-hybridized carbons (Fsp3) is 0.217. The van der Waals surface area contributed by atoms with E-state index in [2.05, 4.69) is 15.1 Å². The molecule has 3 aromatic rings. The minimum Gasteiger partial charge on any atom is -0.411 e. The number of rotatable bonds is 7. The van der Waals surface area contributed by atoms with Crippen molar-refractivity contribution >= 4 is 18.1 Å². The molecule has 0 bridgehead atoms. The maximum absolute atomic E-state index is 14.4. The van der Waals surface area contributed by atoms with Crippen LogP contribution in [0.4, 0.5) is 8.78 Å². The average Bonchev–Trinajstić information content (AvgIpc) is 3.33. The summed E-state index contributed by atoms with van der Waals surface area (Å²) in [6.45, 7) is -0.224. The van der Waals surface area contributed by atoms with Crippen LogP contribution in [0.25, 0.3) is 11.1 Å². The molecule has 33 heavy (non-hydrogen) atoms. The highest BCUT2D eigenvalue weighted by molar-refractivity contribution is 6.09. The first kappa shape index (κ1) is 22.1. The Balaban J connectivity index is 1.93.